The molecule has 0 saturated carbocycles. The Hall–Kier alpha value is -0.260. The van der Waals surface area contributed by atoms with E-state index < -0.39 is 9.05 Å². The molecule has 0 unspecified atom stereocenters. The minimum Gasteiger partial charge on any atom is -0.255 e. The van der Waals surface area contributed by atoms with E-state index in [-0.39, 0.29) is 10.0 Å². The summed E-state index contributed by atoms with van der Waals surface area (Å²) in [5.41, 5.74) is 0.566. The highest BCUT2D eigenvalue weighted by atomic mass is 35.7. The van der Waals surface area contributed by atoms with E-state index in [2.05, 4.69) is 5.10 Å². The maximum absolute atomic E-state index is 11.1. The highest BCUT2D eigenvalue weighted by molar-refractivity contribution is 8.13. The fourth-order valence-electron chi connectivity index (χ4n) is 1.20. The van der Waals surface area contributed by atoms with Gasteiger partial charge in [0.1, 0.15) is 5.02 Å². The summed E-state index contributed by atoms with van der Waals surface area (Å²) < 4.78 is 23.4. The van der Waals surface area contributed by atoms with E-state index >= 15 is 0 Å². The summed E-state index contributed by atoms with van der Waals surface area (Å²) in [5.74, 6) is 0. The van der Waals surface area contributed by atoms with Crippen LogP contribution in [0.3, 0.4) is 0 Å². The van der Waals surface area contributed by atoms with Crippen LogP contribution in [0.25, 0.3) is 0 Å². The molecule has 0 amide bonds. The molecule has 14 heavy (non-hydrogen) atoms. The van der Waals surface area contributed by atoms with E-state index in [9.17, 15) is 8.42 Å². The van der Waals surface area contributed by atoms with Crippen LogP contribution >= 0.6 is 22.3 Å². The van der Waals surface area contributed by atoms with Gasteiger partial charge in [0.15, 0.2) is 5.03 Å². The molecule has 0 aromatic carbocycles. The van der Waals surface area contributed by atoms with Crippen LogP contribution in [0.5, 0.6) is 0 Å². The second-order valence-corrected chi connectivity index (χ2v) is 5.74. The number of nitrogens with zero attached hydrogens (tertiary/aromatic N) is 2. The van der Waals surface area contributed by atoms with Gasteiger partial charge in [-0.3, -0.25) is 4.68 Å². The molecule has 0 spiro atoms. The third-order valence-corrected chi connectivity index (χ3v) is 3.60. The fraction of sp³-hybridized carbons (Fsp3) is 0.571. The van der Waals surface area contributed by atoms with Gasteiger partial charge < -0.3 is 0 Å². The van der Waals surface area contributed by atoms with Crippen molar-refractivity contribution in [2.75, 3.05) is 0 Å². The first-order chi connectivity index (χ1) is 6.38. The predicted molar refractivity (Wildman–Crippen MR) is 55.3 cm³/mol. The standard InChI is InChI=1S/C7H10Cl2N2O2S/c1-3-4-5-6(8)7(11(2)10-5)14(9,12)13/h3-4H2,1-2H3. The van der Waals surface area contributed by atoms with Crippen molar-refractivity contribution in [3.8, 4) is 0 Å². The largest absolute Gasteiger partial charge is 0.279 e. The number of hydrogen-bond acceptors (Lipinski definition) is 3. The fourth-order valence-corrected chi connectivity index (χ4v) is 3.09. The second-order valence-electron chi connectivity index (χ2n) is 2.88. The lowest BCUT2D eigenvalue weighted by atomic mass is 10.3. The molecule has 0 radical (unpaired) electrons. The van der Waals surface area contributed by atoms with Crippen molar-refractivity contribution in [1.82, 2.24) is 9.78 Å². The van der Waals surface area contributed by atoms with Gasteiger partial charge in [-0.05, 0) is 6.42 Å². The van der Waals surface area contributed by atoms with Gasteiger partial charge in [-0.15, -0.1) is 0 Å². The molecule has 0 atom stereocenters. The van der Waals surface area contributed by atoms with Crippen LogP contribution in [0, 0.1) is 0 Å². The summed E-state index contributed by atoms with van der Waals surface area (Å²) in [7, 11) is 2.89. The molecule has 0 fully saturated rings. The van der Waals surface area contributed by atoms with Gasteiger partial charge in [-0.25, -0.2) is 8.42 Å². The van der Waals surface area contributed by atoms with Gasteiger partial charge >= 0.3 is 0 Å². The van der Waals surface area contributed by atoms with E-state index in [1.54, 1.807) is 0 Å². The lowest BCUT2D eigenvalue weighted by molar-refractivity contribution is 0.589. The van der Waals surface area contributed by atoms with Crippen LogP contribution in [-0.2, 0) is 22.5 Å². The Morgan fingerprint density at radius 3 is 2.43 bits per heavy atom. The molecule has 0 aliphatic carbocycles. The molecule has 1 heterocycles. The van der Waals surface area contributed by atoms with Gasteiger partial charge in [0.2, 0.25) is 0 Å². The molecule has 80 valence electrons. The van der Waals surface area contributed by atoms with Gasteiger partial charge in [-0.1, -0.05) is 24.9 Å². The lowest BCUT2D eigenvalue weighted by Crippen LogP contribution is -2.01. The third-order valence-electron chi connectivity index (χ3n) is 1.72. The normalized spacial score (nSPS) is 12.0. The Bertz CT molecular complexity index is 439. The van der Waals surface area contributed by atoms with E-state index in [4.69, 9.17) is 22.3 Å². The van der Waals surface area contributed by atoms with Crippen molar-refractivity contribution in [3.63, 3.8) is 0 Å². The van der Waals surface area contributed by atoms with Crippen LogP contribution in [0.15, 0.2) is 5.03 Å². The highest BCUT2D eigenvalue weighted by Gasteiger charge is 2.23. The average molecular weight is 257 g/mol. The van der Waals surface area contributed by atoms with Crippen LogP contribution in [0.4, 0.5) is 0 Å². The van der Waals surface area contributed by atoms with Crippen LogP contribution in [-0.4, -0.2) is 18.2 Å². The molecule has 1 rings (SSSR count). The van der Waals surface area contributed by atoms with E-state index in [0.29, 0.717) is 12.1 Å². The minimum absolute atomic E-state index is 0.129. The minimum atomic E-state index is -3.82. The second kappa shape index (κ2) is 4.08. The maximum atomic E-state index is 11.1. The molecule has 0 aliphatic rings. The number of halogens is 2. The number of aromatic nitrogens is 2. The topological polar surface area (TPSA) is 52.0 Å². The summed E-state index contributed by atoms with van der Waals surface area (Å²) in [4.78, 5) is 0. The first-order valence-electron chi connectivity index (χ1n) is 4.04. The summed E-state index contributed by atoms with van der Waals surface area (Å²) in [6.07, 6.45) is 1.48. The monoisotopic (exact) mass is 256 g/mol. The Morgan fingerprint density at radius 1 is 1.50 bits per heavy atom. The molecule has 0 bridgehead atoms. The summed E-state index contributed by atoms with van der Waals surface area (Å²) in [6, 6.07) is 0. The van der Waals surface area contributed by atoms with Crippen LogP contribution < -0.4 is 0 Å². The van der Waals surface area contributed by atoms with Gasteiger partial charge in [0.05, 0.1) is 5.69 Å². The van der Waals surface area contributed by atoms with Crippen molar-refractivity contribution in [1.29, 1.82) is 0 Å². The van der Waals surface area contributed by atoms with Crippen molar-refractivity contribution in [3.05, 3.63) is 10.7 Å². The first kappa shape index (κ1) is 11.8. The van der Waals surface area contributed by atoms with Crippen LogP contribution in [0.2, 0.25) is 5.02 Å². The van der Waals surface area contributed by atoms with Crippen molar-refractivity contribution < 1.29 is 8.42 Å². The van der Waals surface area contributed by atoms with Crippen LogP contribution in [0.1, 0.15) is 19.0 Å². The van der Waals surface area contributed by atoms with Crippen molar-refractivity contribution in [2.45, 2.75) is 24.8 Å². The average Bonchev–Trinajstić information content (AvgIpc) is 2.26. The molecule has 7 heteroatoms. The number of hydrogen-bond donors (Lipinski definition) is 0. The molecule has 0 saturated heterocycles. The third kappa shape index (κ3) is 2.21. The molecular weight excluding hydrogens is 247 g/mol. The zero-order chi connectivity index (χ0) is 10.9. The van der Waals surface area contributed by atoms with Gasteiger partial charge in [-0.2, -0.15) is 5.10 Å². The molecule has 4 nitrogen and oxygen atoms in total. The Labute approximate surface area is 92.2 Å². The van der Waals surface area contributed by atoms with Crippen molar-refractivity contribution >= 4 is 31.3 Å². The molecule has 1 aromatic heterocycles. The van der Waals surface area contributed by atoms with Crippen molar-refractivity contribution in [2.24, 2.45) is 7.05 Å². The molecular formula is C7H10Cl2N2O2S. The van der Waals surface area contributed by atoms with E-state index in [1.165, 1.54) is 11.7 Å². The summed E-state index contributed by atoms with van der Waals surface area (Å²) in [6.45, 7) is 1.96. The van der Waals surface area contributed by atoms with Gasteiger partial charge in [0.25, 0.3) is 9.05 Å². The maximum Gasteiger partial charge on any atom is 0.279 e. The predicted octanol–water partition coefficient (Wildman–Crippen LogP) is 1.95. The summed E-state index contributed by atoms with van der Waals surface area (Å²) in [5, 5.41) is 3.98. The van der Waals surface area contributed by atoms with Gasteiger partial charge in [0, 0.05) is 17.7 Å². The number of rotatable bonds is 3. The summed E-state index contributed by atoms with van der Waals surface area (Å²) >= 11 is 5.85. The lowest BCUT2D eigenvalue weighted by Gasteiger charge is -1.95. The SMILES string of the molecule is CCCc1nn(C)c(S(=O)(=O)Cl)c1Cl. The Kier molecular flexibility index (Phi) is 3.44. The zero-order valence-electron chi connectivity index (χ0n) is 7.79. The zero-order valence-corrected chi connectivity index (χ0v) is 10.1. The smallest absolute Gasteiger partial charge is 0.255 e. The quantitative estimate of drug-likeness (QED) is 0.777. The Balaban J connectivity index is 3.32. The van der Waals surface area contributed by atoms with E-state index in [0.717, 1.165) is 6.42 Å². The number of aryl methyl sites for hydroxylation is 2. The first-order valence-corrected chi connectivity index (χ1v) is 6.72. The molecule has 0 aliphatic heterocycles. The molecule has 0 N–H and O–H groups in total. The van der Waals surface area contributed by atoms with E-state index in [1.807, 2.05) is 6.92 Å². The Morgan fingerprint density at radius 2 is 2.07 bits per heavy atom. The molecule has 1 aromatic rings. The highest BCUT2D eigenvalue weighted by Crippen LogP contribution is 2.27.